The first-order valence-electron chi connectivity index (χ1n) is 5.50. The number of hydrogen-bond acceptors (Lipinski definition) is 3. The molecule has 90 valence electrons. The van der Waals surface area contributed by atoms with E-state index in [9.17, 15) is 4.79 Å². The van der Waals surface area contributed by atoms with Gasteiger partial charge in [-0.25, -0.2) is 0 Å². The molecule has 1 N–H and O–H groups in total. The number of amides is 1. The second-order valence-electron chi connectivity index (χ2n) is 4.10. The van der Waals surface area contributed by atoms with Crippen LogP contribution in [0.4, 0.5) is 0 Å². The molecule has 4 heteroatoms. The molecule has 1 amide bonds. The van der Waals surface area contributed by atoms with Gasteiger partial charge in [0.25, 0.3) is 5.91 Å². The number of thiophene rings is 1. The summed E-state index contributed by atoms with van der Waals surface area (Å²) in [5.41, 5.74) is 0. The number of fused-ring (bicyclic) bond motifs is 1. The molecular weight excluding hydrogens is 234 g/mol. The molecule has 3 nitrogen and oxygen atoms in total. The van der Waals surface area contributed by atoms with Gasteiger partial charge in [-0.2, -0.15) is 0 Å². The van der Waals surface area contributed by atoms with E-state index in [1.807, 2.05) is 37.3 Å². The summed E-state index contributed by atoms with van der Waals surface area (Å²) in [6.07, 6.45) is 0. The SMILES string of the molecule is CC(CO)N(C)C(=O)c1cc2ccccc2s1. The Kier molecular flexibility index (Phi) is 3.45. The van der Waals surface area contributed by atoms with Crippen molar-refractivity contribution in [2.45, 2.75) is 13.0 Å². The number of nitrogens with zero attached hydrogens (tertiary/aromatic N) is 1. The van der Waals surface area contributed by atoms with Crippen molar-refractivity contribution in [3.05, 3.63) is 35.2 Å². The van der Waals surface area contributed by atoms with Crippen LogP contribution in [0.2, 0.25) is 0 Å². The Morgan fingerprint density at radius 3 is 2.82 bits per heavy atom. The molecule has 0 saturated carbocycles. The summed E-state index contributed by atoms with van der Waals surface area (Å²) in [7, 11) is 1.72. The van der Waals surface area contributed by atoms with Gasteiger partial charge >= 0.3 is 0 Å². The highest BCUT2D eigenvalue weighted by atomic mass is 32.1. The van der Waals surface area contributed by atoms with Gasteiger partial charge in [0.1, 0.15) is 0 Å². The molecule has 1 aromatic carbocycles. The first-order valence-corrected chi connectivity index (χ1v) is 6.31. The number of benzene rings is 1. The Bertz CT molecular complexity index is 502. The molecule has 17 heavy (non-hydrogen) atoms. The van der Waals surface area contributed by atoms with Gasteiger partial charge in [0.05, 0.1) is 17.5 Å². The van der Waals surface area contributed by atoms with Crippen molar-refractivity contribution < 1.29 is 9.90 Å². The average Bonchev–Trinajstić information content (AvgIpc) is 2.79. The van der Waals surface area contributed by atoms with E-state index in [0.29, 0.717) is 4.88 Å². The van der Waals surface area contributed by atoms with Crippen LogP contribution in [0.5, 0.6) is 0 Å². The van der Waals surface area contributed by atoms with Crippen LogP contribution >= 0.6 is 11.3 Å². The number of rotatable bonds is 3. The highest BCUT2D eigenvalue weighted by Gasteiger charge is 2.18. The molecule has 0 radical (unpaired) electrons. The number of aliphatic hydroxyl groups is 1. The first kappa shape index (κ1) is 12.1. The summed E-state index contributed by atoms with van der Waals surface area (Å²) in [5, 5.41) is 10.1. The minimum Gasteiger partial charge on any atom is -0.394 e. The zero-order valence-corrected chi connectivity index (χ0v) is 10.7. The molecule has 1 heterocycles. The van der Waals surface area contributed by atoms with Gasteiger partial charge in [0, 0.05) is 11.7 Å². The number of carbonyl (C=O) groups excluding carboxylic acids is 1. The fourth-order valence-corrected chi connectivity index (χ4v) is 2.63. The molecule has 1 aromatic heterocycles. The summed E-state index contributed by atoms with van der Waals surface area (Å²) >= 11 is 1.49. The molecule has 0 aliphatic rings. The summed E-state index contributed by atoms with van der Waals surface area (Å²) in [4.78, 5) is 14.4. The van der Waals surface area contributed by atoms with Crippen molar-refractivity contribution in [3.63, 3.8) is 0 Å². The second-order valence-corrected chi connectivity index (χ2v) is 5.18. The molecule has 2 aromatic rings. The maximum absolute atomic E-state index is 12.1. The van der Waals surface area contributed by atoms with E-state index in [1.165, 1.54) is 11.3 Å². The van der Waals surface area contributed by atoms with Crippen LogP contribution in [0.15, 0.2) is 30.3 Å². The average molecular weight is 249 g/mol. The Morgan fingerprint density at radius 1 is 1.47 bits per heavy atom. The van der Waals surface area contributed by atoms with Crippen molar-refractivity contribution in [2.75, 3.05) is 13.7 Å². The van der Waals surface area contributed by atoms with Crippen molar-refractivity contribution >= 4 is 27.3 Å². The number of carbonyl (C=O) groups is 1. The third kappa shape index (κ3) is 2.33. The molecule has 0 spiro atoms. The minimum atomic E-state index is -0.160. The van der Waals surface area contributed by atoms with Gasteiger partial charge in [-0.1, -0.05) is 18.2 Å². The highest BCUT2D eigenvalue weighted by molar-refractivity contribution is 7.20. The third-order valence-electron chi connectivity index (χ3n) is 2.88. The van der Waals surface area contributed by atoms with Crippen molar-refractivity contribution in [1.29, 1.82) is 0 Å². The van der Waals surface area contributed by atoms with E-state index in [4.69, 9.17) is 5.11 Å². The van der Waals surface area contributed by atoms with Crippen molar-refractivity contribution in [1.82, 2.24) is 4.90 Å². The Morgan fingerprint density at radius 2 is 2.18 bits per heavy atom. The topological polar surface area (TPSA) is 40.5 Å². The predicted molar refractivity (Wildman–Crippen MR) is 70.5 cm³/mol. The zero-order chi connectivity index (χ0) is 12.4. The molecule has 2 rings (SSSR count). The fraction of sp³-hybridized carbons (Fsp3) is 0.308. The molecule has 0 aliphatic carbocycles. The Balaban J connectivity index is 2.30. The largest absolute Gasteiger partial charge is 0.394 e. The van der Waals surface area contributed by atoms with Gasteiger partial charge in [0.15, 0.2) is 0 Å². The van der Waals surface area contributed by atoms with Crippen LogP contribution < -0.4 is 0 Å². The standard InChI is InChI=1S/C13H15NO2S/c1-9(8-15)14(2)13(16)12-7-10-5-3-4-6-11(10)17-12/h3-7,9,15H,8H2,1-2H3. The van der Waals surface area contributed by atoms with Gasteiger partial charge in [-0.15, -0.1) is 11.3 Å². The van der Waals surface area contributed by atoms with Gasteiger partial charge < -0.3 is 10.0 Å². The van der Waals surface area contributed by atoms with Crippen LogP contribution in [-0.2, 0) is 0 Å². The lowest BCUT2D eigenvalue weighted by molar-refractivity contribution is 0.0687. The molecule has 0 aliphatic heterocycles. The molecule has 1 unspecified atom stereocenters. The lowest BCUT2D eigenvalue weighted by Gasteiger charge is -2.22. The number of likely N-dealkylation sites (N-methyl/N-ethyl adjacent to an activating group) is 1. The molecule has 1 atom stereocenters. The van der Waals surface area contributed by atoms with E-state index < -0.39 is 0 Å². The predicted octanol–water partition coefficient (Wildman–Crippen LogP) is 2.35. The number of aliphatic hydroxyl groups excluding tert-OH is 1. The third-order valence-corrected chi connectivity index (χ3v) is 3.99. The van der Waals surface area contributed by atoms with E-state index in [0.717, 1.165) is 10.1 Å². The summed E-state index contributed by atoms with van der Waals surface area (Å²) in [6.45, 7) is 1.80. The summed E-state index contributed by atoms with van der Waals surface area (Å²) < 4.78 is 1.11. The normalized spacial score (nSPS) is 12.6. The monoisotopic (exact) mass is 249 g/mol. The van der Waals surface area contributed by atoms with E-state index in [2.05, 4.69) is 0 Å². The smallest absolute Gasteiger partial charge is 0.264 e. The number of hydrogen-bond donors (Lipinski definition) is 1. The van der Waals surface area contributed by atoms with Crippen molar-refractivity contribution in [2.24, 2.45) is 0 Å². The van der Waals surface area contributed by atoms with E-state index >= 15 is 0 Å². The van der Waals surface area contributed by atoms with Crippen LogP contribution in [0, 0.1) is 0 Å². The summed E-state index contributed by atoms with van der Waals surface area (Å²) in [6, 6.07) is 9.68. The maximum Gasteiger partial charge on any atom is 0.264 e. The first-order chi connectivity index (χ1) is 8.13. The maximum atomic E-state index is 12.1. The molecule has 0 bridgehead atoms. The van der Waals surface area contributed by atoms with Crippen molar-refractivity contribution in [3.8, 4) is 0 Å². The molecule has 0 fully saturated rings. The lowest BCUT2D eigenvalue weighted by atomic mass is 10.2. The van der Waals surface area contributed by atoms with E-state index in [-0.39, 0.29) is 18.6 Å². The van der Waals surface area contributed by atoms with Gasteiger partial charge in [0.2, 0.25) is 0 Å². The van der Waals surface area contributed by atoms with E-state index in [1.54, 1.807) is 11.9 Å². The molecule has 0 saturated heterocycles. The summed E-state index contributed by atoms with van der Waals surface area (Å²) in [5.74, 6) is -0.0345. The molecular formula is C13H15NO2S. The van der Waals surface area contributed by atoms with Crippen LogP contribution in [0.25, 0.3) is 10.1 Å². The van der Waals surface area contributed by atoms with Crippen LogP contribution in [0.1, 0.15) is 16.6 Å². The van der Waals surface area contributed by atoms with Crippen LogP contribution in [-0.4, -0.2) is 35.6 Å². The van der Waals surface area contributed by atoms with Crippen LogP contribution in [0.3, 0.4) is 0 Å². The fourth-order valence-electron chi connectivity index (χ4n) is 1.58. The second kappa shape index (κ2) is 4.85. The minimum absolute atomic E-state index is 0.0207. The highest BCUT2D eigenvalue weighted by Crippen LogP contribution is 2.26. The zero-order valence-electron chi connectivity index (χ0n) is 9.88. The lowest BCUT2D eigenvalue weighted by Crippen LogP contribution is -2.36. The quantitative estimate of drug-likeness (QED) is 0.907. The van der Waals surface area contributed by atoms with Gasteiger partial charge in [-0.3, -0.25) is 4.79 Å². The Labute approximate surface area is 104 Å². The Hall–Kier alpha value is -1.39. The van der Waals surface area contributed by atoms with Gasteiger partial charge in [-0.05, 0) is 24.4 Å².